The molecular weight excluding hydrogens is 470 g/mol. The zero-order chi connectivity index (χ0) is 24.0. The molecule has 0 spiro atoms. The highest BCUT2D eigenvalue weighted by molar-refractivity contribution is 7.92. The Morgan fingerprint density at radius 2 is 1.79 bits per heavy atom. The normalized spacial score (nSPS) is 10.8. The number of halogens is 1. The molecule has 3 aromatic carbocycles. The monoisotopic (exact) mass is 489 g/mol. The van der Waals surface area contributed by atoms with Crippen LogP contribution in [0.3, 0.4) is 0 Å². The number of amides is 2. The van der Waals surface area contributed by atoms with Crippen LogP contribution in [0.2, 0.25) is 5.02 Å². The van der Waals surface area contributed by atoms with E-state index < -0.39 is 21.8 Å². The molecule has 0 aliphatic heterocycles. The zero-order valence-electron chi connectivity index (χ0n) is 17.4. The summed E-state index contributed by atoms with van der Waals surface area (Å²) >= 11 is 6.06. The molecule has 0 unspecified atom stereocenters. The number of carbonyl (C=O) groups excluding carboxylic acids is 2. The first-order chi connectivity index (χ1) is 15.7. The number of hydrogen-bond acceptors (Lipinski definition) is 6. The van der Waals surface area contributed by atoms with Gasteiger partial charge in [0.15, 0.2) is 6.61 Å². The van der Waals surface area contributed by atoms with Crippen LogP contribution in [0.15, 0.2) is 71.6 Å². The lowest BCUT2D eigenvalue weighted by Crippen LogP contribution is -2.20. The van der Waals surface area contributed by atoms with Gasteiger partial charge in [-0.25, -0.2) is 8.42 Å². The van der Waals surface area contributed by atoms with Crippen LogP contribution >= 0.6 is 11.6 Å². The number of rotatable bonds is 9. The molecule has 0 fully saturated rings. The summed E-state index contributed by atoms with van der Waals surface area (Å²) in [5, 5.41) is 2.85. The molecule has 0 bridgehead atoms. The minimum Gasteiger partial charge on any atom is -0.495 e. The molecule has 0 saturated carbocycles. The lowest BCUT2D eigenvalue weighted by molar-refractivity contribution is -0.119. The van der Waals surface area contributed by atoms with Crippen molar-refractivity contribution in [1.82, 2.24) is 0 Å². The van der Waals surface area contributed by atoms with Crippen molar-refractivity contribution in [2.24, 2.45) is 5.73 Å². The summed E-state index contributed by atoms with van der Waals surface area (Å²) in [6.45, 7) is -0.330. The van der Waals surface area contributed by atoms with Crippen LogP contribution in [0.1, 0.15) is 10.4 Å². The van der Waals surface area contributed by atoms with Crippen LogP contribution in [0.25, 0.3) is 0 Å². The Labute approximate surface area is 195 Å². The van der Waals surface area contributed by atoms with E-state index in [4.69, 9.17) is 26.8 Å². The minimum atomic E-state index is -4.10. The third kappa shape index (κ3) is 6.15. The molecule has 0 aliphatic carbocycles. The first kappa shape index (κ1) is 23.9. The van der Waals surface area contributed by atoms with Crippen molar-refractivity contribution in [2.75, 3.05) is 23.8 Å². The predicted octanol–water partition coefficient (Wildman–Crippen LogP) is 3.27. The Morgan fingerprint density at radius 1 is 1.03 bits per heavy atom. The Morgan fingerprint density at radius 3 is 2.48 bits per heavy atom. The van der Waals surface area contributed by atoms with Gasteiger partial charge in [0.05, 0.1) is 17.8 Å². The molecule has 2 amide bonds. The molecule has 0 atom stereocenters. The van der Waals surface area contributed by atoms with Crippen LogP contribution in [0.4, 0.5) is 11.4 Å². The summed E-state index contributed by atoms with van der Waals surface area (Å²) in [7, 11) is -2.77. The van der Waals surface area contributed by atoms with Crippen LogP contribution in [-0.4, -0.2) is 33.9 Å². The maximum atomic E-state index is 13.0. The molecule has 3 aromatic rings. The second-order valence-electron chi connectivity index (χ2n) is 6.69. The zero-order valence-corrected chi connectivity index (χ0v) is 18.9. The van der Waals surface area contributed by atoms with Gasteiger partial charge in [0.2, 0.25) is 0 Å². The molecular formula is C22H20ClN3O6S. The first-order valence-electron chi connectivity index (χ1n) is 9.47. The minimum absolute atomic E-state index is 0.0781. The second-order valence-corrected chi connectivity index (χ2v) is 8.75. The number of primary amides is 1. The average Bonchev–Trinajstić information content (AvgIpc) is 2.79. The predicted molar refractivity (Wildman–Crippen MR) is 124 cm³/mol. The number of sulfonamides is 1. The Balaban J connectivity index is 1.85. The Hall–Kier alpha value is -3.76. The number of carbonyl (C=O) groups is 2. The molecule has 33 heavy (non-hydrogen) atoms. The molecule has 172 valence electrons. The molecule has 0 radical (unpaired) electrons. The Kier molecular flexibility index (Phi) is 7.41. The number of benzene rings is 3. The Bertz CT molecular complexity index is 1300. The van der Waals surface area contributed by atoms with Gasteiger partial charge in [0.1, 0.15) is 16.4 Å². The van der Waals surface area contributed by atoms with Crippen molar-refractivity contribution in [1.29, 1.82) is 0 Å². The van der Waals surface area contributed by atoms with Crippen LogP contribution < -0.4 is 25.2 Å². The van der Waals surface area contributed by atoms with Crippen LogP contribution in [-0.2, 0) is 14.8 Å². The van der Waals surface area contributed by atoms with Gasteiger partial charge in [-0.05, 0) is 48.5 Å². The van der Waals surface area contributed by atoms with Crippen molar-refractivity contribution < 1.29 is 27.5 Å². The summed E-state index contributed by atoms with van der Waals surface area (Å²) in [5.41, 5.74) is 5.69. The summed E-state index contributed by atoms with van der Waals surface area (Å²) in [6.07, 6.45) is 0. The number of nitrogens with two attached hydrogens (primary N) is 1. The van der Waals surface area contributed by atoms with Crippen molar-refractivity contribution in [3.05, 3.63) is 77.3 Å². The van der Waals surface area contributed by atoms with Crippen molar-refractivity contribution in [3.63, 3.8) is 0 Å². The smallest absolute Gasteiger partial charge is 0.265 e. The van der Waals surface area contributed by atoms with Gasteiger partial charge in [-0.1, -0.05) is 29.8 Å². The number of methoxy groups -OCH3 is 1. The van der Waals surface area contributed by atoms with E-state index in [0.29, 0.717) is 0 Å². The van der Waals surface area contributed by atoms with E-state index in [1.54, 1.807) is 30.3 Å². The van der Waals surface area contributed by atoms with E-state index >= 15 is 0 Å². The van der Waals surface area contributed by atoms with Gasteiger partial charge >= 0.3 is 0 Å². The largest absolute Gasteiger partial charge is 0.495 e. The third-order valence-corrected chi connectivity index (χ3v) is 6.02. The molecule has 0 aliphatic rings. The van der Waals surface area contributed by atoms with Crippen LogP contribution in [0.5, 0.6) is 11.5 Å². The van der Waals surface area contributed by atoms with E-state index in [9.17, 15) is 18.0 Å². The summed E-state index contributed by atoms with van der Waals surface area (Å²) in [5.74, 6) is -0.813. The van der Waals surface area contributed by atoms with Gasteiger partial charge < -0.3 is 20.5 Å². The molecule has 9 nitrogen and oxygen atoms in total. The van der Waals surface area contributed by atoms with Gasteiger partial charge in [-0.15, -0.1) is 0 Å². The van der Waals surface area contributed by atoms with Crippen molar-refractivity contribution >= 4 is 44.8 Å². The SMILES string of the molecule is COc1ccc(NC(=O)c2cccc(OCC(N)=O)c2)cc1S(=O)(=O)Nc1ccccc1Cl. The number of nitrogens with one attached hydrogen (secondary N) is 2. The molecule has 0 saturated heterocycles. The molecule has 11 heteroatoms. The summed E-state index contributed by atoms with van der Waals surface area (Å²) in [4.78, 5) is 23.4. The van der Waals surface area contributed by atoms with E-state index in [-0.39, 0.29) is 45.0 Å². The van der Waals surface area contributed by atoms with Crippen molar-refractivity contribution in [2.45, 2.75) is 4.90 Å². The maximum absolute atomic E-state index is 13.0. The van der Waals surface area contributed by atoms with E-state index in [1.807, 2.05) is 0 Å². The highest BCUT2D eigenvalue weighted by Gasteiger charge is 2.22. The highest BCUT2D eigenvalue weighted by atomic mass is 35.5. The average molecular weight is 490 g/mol. The number of anilines is 2. The summed E-state index contributed by atoms with van der Waals surface area (Å²) in [6, 6.07) is 16.7. The maximum Gasteiger partial charge on any atom is 0.265 e. The van der Waals surface area contributed by atoms with Gasteiger partial charge in [0.25, 0.3) is 21.8 Å². The summed E-state index contributed by atoms with van der Waals surface area (Å²) < 4.78 is 38.8. The fraction of sp³-hybridized carbons (Fsp3) is 0.0909. The number of hydrogen-bond donors (Lipinski definition) is 3. The number of para-hydroxylation sites is 1. The highest BCUT2D eigenvalue weighted by Crippen LogP contribution is 2.31. The van der Waals surface area contributed by atoms with Crippen LogP contribution in [0, 0.1) is 0 Å². The van der Waals surface area contributed by atoms with E-state index in [1.165, 1.54) is 43.5 Å². The molecule has 3 rings (SSSR count). The molecule has 0 aromatic heterocycles. The second kappa shape index (κ2) is 10.2. The van der Waals surface area contributed by atoms with Gasteiger partial charge in [-0.2, -0.15) is 0 Å². The molecule has 4 N–H and O–H groups in total. The fourth-order valence-corrected chi connectivity index (χ4v) is 4.31. The van der Waals surface area contributed by atoms with E-state index in [2.05, 4.69) is 10.0 Å². The third-order valence-electron chi connectivity index (χ3n) is 4.31. The lowest BCUT2D eigenvalue weighted by Gasteiger charge is -2.14. The van der Waals surface area contributed by atoms with Crippen molar-refractivity contribution in [3.8, 4) is 11.5 Å². The fourth-order valence-electron chi connectivity index (χ4n) is 2.79. The quantitative estimate of drug-likeness (QED) is 0.422. The number of ether oxygens (including phenoxy) is 2. The topological polar surface area (TPSA) is 137 Å². The first-order valence-corrected chi connectivity index (χ1v) is 11.3. The lowest BCUT2D eigenvalue weighted by atomic mass is 10.2. The van der Waals surface area contributed by atoms with Gasteiger partial charge in [0, 0.05) is 11.3 Å². The van der Waals surface area contributed by atoms with E-state index in [0.717, 1.165) is 0 Å². The van der Waals surface area contributed by atoms with Gasteiger partial charge in [-0.3, -0.25) is 14.3 Å². The standard InChI is InChI=1S/C22H20ClN3O6S/c1-31-19-10-9-15(12-20(19)33(29,30)26-18-8-3-2-7-17(18)23)25-22(28)14-5-4-6-16(11-14)32-13-21(24)27/h2-12,26H,13H2,1H3,(H2,24,27)(H,25,28). The molecule has 0 heterocycles.